The lowest BCUT2D eigenvalue weighted by Gasteiger charge is -2.49. The molecule has 0 unspecified atom stereocenters. The van der Waals surface area contributed by atoms with Crippen LogP contribution in [0.15, 0.2) is 12.7 Å². The number of aromatic nitrogens is 3. The molecular weight excluding hydrogens is 238 g/mol. The van der Waals surface area contributed by atoms with Gasteiger partial charge in [0.1, 0.15) is 12.7 Å². The van der Waals surface area contributed by atoms with E-state index in [-0.39, 0.29) is 0 Å². The molecule has 1 saturated heterocycles. The van der Waals surface area contributed by atoms with Crippen molar-refractivity contribution in [2.75, 3.05) is 33.2 Å². The van der Waals surface area contributed by atoms with Crippen LogP contribution in [-0.2, 0) is 6.54 Å². The van der Waals surface area contributed by atoms with Crippen LogP contribution in [0.5, 0.6) is 0 Å². The van der Waals surface area contributed by atoms with Crippen LogP contribution in [-0.4, -0.2) is 63.3 Å². The van der Waals surface area contributed by atoms with Gasteiger partial charge < -0.3 is 9.47 Å². The van der Waals surface area contributed by atoms with Crippen LogP contribution in [0.4, 0.5) is 0 Å². The van der Waals surface area contributed by atoms with E-state index in [1.807, 2.05) is 12.7 Å². The molecule has 1 aliphatic heterocycles. The fraction of sp³-hybridized carbons (Fsp3) is 0.857. The van der Waals surface area contributed by atoms with Crippen LogP contribution in [0.1, 0.15) is 32.1 Å². The van der Waals surface area contributed by atoms with Gasteiger partial charge in [0.15, 0.2) is 0 Å². The molecule has 2 fully saturated rings. The summed E-state index contributed by atoms with van der Waals surface area (Å²) < 4.78 is 2.17. The van der Waals surface area contributed by atoms with Gasteiger partial charge in [0.05, 0.1) is 0 Å². The molecule has 19 heavy (non-hydrogen) atoms. The average Bonchev–Trinajstić information content (AvgIpc) is 2.93. The molecule has 1 aromatic rings. The Labute approximate surface area is 115 Å². The Morgan fingerprint density at radius 2 is 1.58 bits per heavy atom. The van der Waals surface area contributed by atoms with Crippen LogP contribution >= 0.6 is 0 Å². The van der Waals surface area contributed by atoms with E-state index in [2.05, 4.69) is 31.6 Å². The lowest BCUT2D eigenvalue weighted by atomic mass is 9.79. The summed E-state index contributed by atoms with van der Waals surface area (Å²) in [6, 6.07) is 0. The van der Waals surface area contributed by atoms with Gasteiger partial charge in [-0.3, -0.25) is 4.90 Å². The van der Waals surface area contributed by atoms with Gasteiger partial charge in [-0.25, -0.2) is 0 Å². The minimum absolute atomic E-state index is 0.349. The molecule has 0 N–H and O–H groups in total. The molecular formula is C14H25N5. The summed E-state index contributed by atoms with van der Waals surface area (Å²) >= 11 is 0. The molecule has 106 valence electrons. The van der Waals surface area contributed by atoms with E-state index >= 15 is 0 Å². The van der Waals surface area contributed by atoms with E-state index in [0.29, 0.717) is 5.54 Å². The number of rotatable bonds is 3. The molecule has 1 aromatic heterocycles. The maximum Gasteiger partial charge on any atom is 0.119 e. The summed E-state index contributed by atoms with van der Waals surface area (Å²) in [4.78, 5) is 5.18. The monoisotopic (exact) mass is 263 g/mol. The van der Waals surface area contributed by atoms with Crippen molar-refractivity contribution in [2.24, 2.45) is 0 Å². The largest absolute Gasteiger partial charge is 0.318 e. The first-order valence-electron chi connectivity index (χ1n) is 7.55. The fourth-order valence-corrected chi connectivity index (χ4v) is 3.71. The molecule has 0 amide bonds. The van der Waals surface area contributed by atoms with Crippen LogP contribution in [0.2, 0.25) is 0 Å². The summed E-state index contributed by atoms with van der Waals surface area (Å²) in [6.07, 6.45) is 10.5. The Morgan fingerprint density at radius 1 is 0.947 bits per heavy atom. The van der Waals surface area contributed by atoms with Crippen LogP contribution in [0, 0.1) is 0 Å². The van der Waals surface area contributed by atoms with Gasteiger partial charge in [-0.2, -0.15) is 0 Å². The van der Waals surface area contributed by atoms with Gasteiger partial charge in [0, 0.05) is 38.3 Å². The Morgan fingerprint density at radius 3 is 2.21 bits per heavy atom. The SMILES string of the molecule is CN1CCN(C2(Cn3cnnc3)CCCCC2)CC1. The molecule has 0 radical (unpaired) electrons. The Balaban J connectivity index is 1.75. The standard InChI is InChI=1S/C14H25N5/c1-17-7-9-19(10-8-17)14(5-3-2-4-6-14)11-18-12-15-16-13-18/h12-13H,2-11H2,1H3. The zero-order valence-electron chi connectivity index (χ0n) is 12.0. The highest BCUT2D eigenvalue weighted by atomic mass is 15.3. The first kappa shape index (κ1) is 13.1. The van der Waals surface area contributed by atoms with Crippen molar-refractivity contribution in [2.45, 2.75) is 44.2 Å². The Kier molecular flexibility index (Phi) is 3.84. The third-order valence-corrected chi connectivity index (χ3v) is 4.90. The molecule has 3 rings (SSSR count). The van der Waals surface area contributed by atoms with Crippen molar-refractivity contribution in [1.82, 2.24) is 24.6 Å². The minimum atomic E-state index is 0.349. The van der Waals surface area contributed by atoms with Crippen LogP contribution < -0.4 is 0 Å². The highest BCUT2D eigenvalue weighted by Crippen LogP contribution is 2.35. The molecule has 2 heterocycles. The minimum Gasteiger partial charge on any atom is -0.318 e. The first-order valence-corrected chi connectivity index (χ1v) is 7.55. The Bertz CT molecular complexity index is 375. The number of nitrogens with zero attached hydrogens (tertiary/aromatic N) is 5. The number of hydrogen-bond acceptors (Lipinski definition) is 4. The third kappa shape index (κ3) is 2.82. The van der Waals surface area contributed by atoms with E-state index in [9.17, 15) is 0 Å². The summed E-state index contributed by atoms with van der Waals surface area (Å²) in [5.41, 5.74) is 0.349. The zero-order chi connectivity index (χ0) is 13.1. The summed E-state index contributed by atoms with van der Waals surface area (Å²) in [7, 11) is 2.23. The van der Waals surface area contributed by atoms with Gasteiger partial charge >= 0.3 is 0 Å². The van der Waals surface area contributed by atoms with E-state index < -0.39 is 0 Å². The predicted molar refractivity (Wildman–Crippen MR) is 74.9 cm³/mol. The highest BCUT2D eigenvalue weighted by Gasteiger charge is 2.39. The van der Waals surface area contributed by atoms with Crippen molar-refractivity contribution in [1.29, 1.82) is 0 Å². The van der Waals surface area contributed by atoms with E-state index in [4.69, 9.17) is 0 Å². The molecule has 2 aliphatic rings. The molecule has 5 heteroatoms. The molecule has 0 atom stereocenters. The summed E-state index contributed by atoms with van der Waals surface area (Å²) in [5.74, 6) is 0. The second-order valence-electron chi connectivity index (χ2n) is 6.21. The van der Waals surface area contributed by atoms with Crippen molar-refractivity contribution < 1.29 is 0 Å². The van der Waals surface area contributed by atoms with E-state index in [1.165, 1.54) is 58.3 Å². The number of piperazine rings is 1. The second-order valence-corrected chi connectivity index (χ2v) is 6.21. The third-order valence-electron chi connectivity index (χ3n) is 4.90. The molecule has 5 nitrogen and oxygen atoms in total. The van der Waals surface area contributed by atoms with Gasteiger partial charge in [-0.15, -0.1) is 10.2 Å². The number of hydrogen-bond donors (Lipinski definition) is 0. The van der Waals surface area contributed by atoms with Crippen LogP contribution in [0.3, 0.4) is 0 Å². The fourth-order valence-electron chi connectivity index (χ4n) is 3.71. The Hall–Kier alpha value is -0.940. The topological polar surface area (TPSA) is 37.2 Å². The molecule has 0 spiro atoms. The lowest BCUT2D eigenvalue weighted by Crippen LogP contribution is -2.58. The molecule has 1 saturated carbocycles. The average molecular weight is 263 g/mol. The zero-order valence-corrected chi connectivity index (χ0v) is 12.0. The highest BCUT2D eigenvalue weighted by molar-refractivity contribution is 4.95. The van der Waals surface area contributed by atoms with Crippen LogP contribution in [0.25, 0.3) is 0 Å². The first-order chi connectivity index (χ1) is 9.28. The smallest absolute Gasteiger partial charge is 0.119 e. The van der Waals surface area contributed by atoms with Gasteiger partial charge in [0.2, 0.25) is 0 Å². The number of likely N-dealkylation sites (N-methyl/N-ethyl adjacent to an activating group) is 1. The summed E-state index contributed by atoms with van der Waals surface area (Å²) in [6.45, 7) is 5.87. The van der Waals surface area contributed by atoms with Crippen molar-refractivity contribution >= 4 is 0 Å². The van der Waals surface area contributed by atoms with Gasteiger partial charge in [-0.05, 0) is 19.9 Å². The van der Waals surface area contributed by atoms with Crippen molar-refractivity contribution in [3.8, 4) is 0 Å². The quantitative estimate of drug-likeness (QED) is 0.822. The van der Waals surface area contributed by atoms with E-state index in [1.54, 1.807) is 0 Å². The van der Waals surface area contributed by atoms with E-state index in [0.717, 1.165) is 6.54 Å². The molecule has 0 bridgehead atoms. The lowest BCUT2D eigenvalue weighted by molar-refractivity contribution is 0.00173. The predicted octanol–water partition coefficient (Wildman–Crippen LogP) is 1.23. The normalized spacial score (nSPS) is 25.5. The second kappa shape index (κ2) is 5.59. The van der Waals surface area contributed by atoms with Crippen molar-refractivity contribution in [3.05, 3.63) is 12.7 Å². The molecule has 0 aromatic carbocycles. The van der Waals surface area contributed by atoms with Gasteiger partial charge in [0.25, 0.3) is 0 Å². The van der Waals surface area contributed by atoms with Crippen molar-refractivity contribution in [3.63, 3.8) is 0 Å². The maximum absolute atomic E-state index is 3.96. The maximum atomic E-state index is 3.96. The summed E-state index contributed by atoms with van der Waals surface area (Å²) in [5, 5.41) is 7.92. The molecule has 1 aliphatic carbocycles. The van der Waals surface area contributed by atoms with Gasteiger partial charge in [-0.1, -0.05) is 19.3 Å².